The van der Waals surface area contributed by atoms with E-state index in [1.165, 1.54) is 7.11 Å². The molecule has 0 aliphatic carbocycles. The zero-order valence-electron chi connectivity index (χ0n) is 18.1. The predicted molar refractivity (Wildman–Crippen MR) is 121 cm³/mol. The average molecular weight is 429 g/mol. The molecule has 32 heavy (non-hydrogen) atoms. The second-order valence-corrected chi connectivity index (χ2v) is 7.54. The molecule has 2 aromatic carbocycles. The molecule has 0 saturated heterocycles. The minimum Gasteiger partial charge on any atom is -0.496 e. The van der Waals surface area contributed by atoms with Gasteiger partial charge in [0.25, 0.3) is 0 Å². The normalized spacial score (nSPS) is 11.0. The van der Waals surface area contributed by atoms with Crippen molar-refractivity contribution in [2.75, 3.05) is 13.7 Å². The smallest absolute Gasteiger partial charge is 0.339 e. The van der Waals surface area contributed by atoms with Crippen LogP contribution in [0.25, 0.3) is 22.3 Å². The number of carbonyl (C=O) groups is 2. The topological polar surface area (TPSA) is 83.3 Å². The van der Waals surface area contributed by atoms with Gasteiger partial charge in [0, 0.05) is 11.6 Å². The lowest BCUT2D eigenvalue weighted by Crippen LogP contribution is -2.15. The third-order valence-electron chi connectivity index (χ3n) is 5.09. The van der Waals surface area contributed by atoms with E-state index in [1.807, 2.05) is 44.2 Å². The SMILES string of the molecule is COc1ccccc1C(=O)COC(=O)c1cc(-c2ccccc2)nc2c1cnn2C(C)C. The van der Waals surface area contributed by atoms with Crippen LogP contribution in [0.3, 0.4) is 0 Å². The van der Waals surface area contributed by atoms with Gasteiger partial charge in [-0.3, -0.25) is 4.79 Å². The minimum atomic E-state index is -0.610. The minimum absolute atomic E-state index is 0.0574. The summed E-state index contributed by atoms with van der Waals surface area (Å²) >= 11 is 0. The van der Waals surface area contributed by atoms with Gasteiger partial charge in [0.2, 0.25) is 5.78 Å². The van der Waals surface area contributed by atoms with Crippen molar-refractivity contribution in [3.8, 4) is 17.0 Å². The quantitative estimate of drug-likeness (QED) is 0.312. The summed E-state index contributed by atoms with van der Waals surface area (Å²) < 4.78 is 12.4. The molecular weight excluding hydrogens is 406 g/mol. The zero-order valence-corrected chi connectivity index (χ0v) is 18.1. The highest BCUT2D eigenvalue weighted by Crippen LogP contribution is 2.27. The first-order chi connectivity index (χ1) is 15.5. The number of Topliss-reactive ketones (excluding diaryl/α,β-unsaturated/α-hetero) is 1. The van der Waals surface area contributed by atoms with Crippen LogP contribution in [0.15, 0.2) is 66.9 Å². The molecule has 0 radical (unpaired) electrons. The number of benzene rings is 2. The number of pyridine rings is 1. The van der Waals surface area contributed by atoms with Crippen LogP contribution >= 0.6 is 0 Å². The Morgan fingerprint density at radius 2 is 1.72 bits per heavy atom. The number of ether oxygens (including phenoxy) is 2. The van der Waals surface area contributed by atoms with Gasteiger partial charge in [-0.2, -0.15) is 5.10 Å². The first-order valence-electron chi connectivity index (χ1n) is 10.3. The van der Waals surface area contributed by atoms with Gasteiger partial charge < -0.3 is 9.47 Å². The monoisotopic (exact) mass is 429 g/mol. The molecule has 4 aromatic rings. The van der Waals surface area contributed by atoms with Crippen molar-refractivity contribution in [1.82, 2.24) is 14.8 Å². The highest BCUT2D eigenvalue weighted by molar-refractivity contribution is 6.06. The Hall–Kier alpha value is -4.00. The Kier molecular flexibility index (Phi) is 5.98. The molecule has 0 N–H and O–H groups in total. The van der Waals surface area contributed by atoms with E-state index in [0.717, 1.165) is 5.56 Å². The average Bonchev–Trinajstić information content (AvgIpc) is 3.26. The van der Waals surface area contributed by atoms with E-state index in [0.29, 0.717) is 33.6 Å². The first-order valence-corrected chi connectivity index (χ1v) is 10.3. The van der Waals surface area contributed by atoms with Crippen molar-refractivity contribution >= 4 is 22.8 Å². The fourth-order valence-electron chi connectivity index (χ4n) is 3.48. The van der Waals surface area contributed by atoms with Crippen LogP contribution < -0.4 is 4.74 Å². The fraction of sp³-hybridized carbons (Fsp3) is 0.200. The molecule has 0 bridgehead atoms. The number of ketones is 1. The summed E-state index contributed by atoms with van der Waals surface area (Å²) in [7, 11) is 1.49. The maximum Gasteiger partial charge on any atom is 0.339 e. The number of nitrogens with zero attached hydrogens (tertiary/aromatic N) is 3. The summed E-state index contributed by atoms with van der Waals surface area (Å²) in [5.41, 5.74) is 2.76. The van der Waals surface area contributed by atoms with Gasteiger partial charge in [0.05, 0.1) is 35.5 Å². The van der Waals surface area contributed by atoms with Crippen molar-refractivity contribution in [3.05, 3.63) is 78.0 Å². The Bertz CT molecular complexity index is 1280. The number of fused-ring (bicyclic) bond motifs is 1. The van der Waals surface area contributed by atoms with Crippen molar-refractivity contribution < 1.29 is 19.1 Å². The molecule has 0 saturated carbocycles. The van der Waals surface area contributed by atoms with Crippen LogP contribution in [-0.4, -0.2) is 40.2 Å². The number of hydrogen-bond donors (Lipinski definition) is 0. The zero-order chi connectivity index (χ0) is 22.7. The van der Waals surface area contributed by atoms with E-state index in [2.05, 4.69) is 5.10 Å². The Morgan fingerprint density at radius 1 is 1.00 bits per heavy atom. The van der Waals surface area contributed by atoms with E-state index in [1.54, 1.807) is 41.2 Å². The van der Waals surface area contributed by atoms with Crippen LogP contribution in [0.4, 0.5) is 0 Å². The lowest BCUT2D eigenvalue weighted by molar-refractivity contribution is 0.0476. The van der Waals surface area contributed by atoms with E-state index in [-0.39, 0.29) is 11.8 Å². The molecule has 162 valence electrons. The van der Waals surface area contributed by atoms with Crippen molar-refractivity contribution in [3.63, 3.8) is 0 Å². The molecule has 0 unspecified atom stereocenters. The maximum atomic E-state index is 13.0. The summed E-state index contributed by atoms with van der Waals surface area (Å²) in [4.78, 5) is 30.4. The number of hydrogen-bond acceptors (Lipinski definition) is 6. The Labute approximate surface area is 185 Å². The lowest BCUT2D eigenvalue weighted by Gasteiger charge is -2.11. The molecule has 7 nitrogen and oxygen atoms in total. The summed E-state index contributed by atoms with van der Waals surface area (Å²) in [6.07, 6.45) is 1.61. The van der Waals surface area contributed by atoms with Crippen LogP contribution in [0, 0.1) is 0 Å². The summed E-state index contributed by atoms with van der Waals surface area (Å²) in [6.45, 7) is 3.59. The molecule has 0 atom stereocenters. The molecule has 0 fully saturated rings. The number of esters is 1. The van der Waals surface area contributed by atoms with Crippen molar-refractivity contribution in [2.45, 2.75) is 19.9 Å². The van der Waals surface area contributed by atoms with Crippen LogP contribution in [0.5, 0.6) is 5.75 Å². The van der Waals surface area contributed by atoms with E-state index >= 15 is 0 Å². The molecule has 2 aromatic heterocycles. The number of rotatable bonds is 7. The molecule has 0 aliphatic heterocycles. The summed E-state index contributed by atoms with van der Waals surface area (Å²) in [5.74, 6) is -0.521. The van der Waals surface area contributed by atoms with Crippen molar-refractivity contribution in [1.29, 1.82) is 0 Å². The molecule has 0 aliphatic rings. The van der Waals surface area contributed by atoms with Crippen LogP contribution in [0.1, 0.15) is 40.6 Å². The highest BCUT2D eigenvalue weighted by Gasteiger charge is 2.21. The number of para-hydroxylation sites is 1. The van der Waals surface area contributed by atoms with Crippen LogP contribution in [0.2, 0.25) is 0 Å². The lowest BCUT2D eigenvalue weighted by atomic mass is 10.1. The van der Waals surface area contributed by atoms with Gasteiger partial charge >= 0.3 is 5.97 Å². The predicted octanol–water partition coefficient (Wildman–Crippen LogP) is 4.73. The largest absolute Gasteiger partial charge is 0.496 e. The Balaban J connectivity index is 1.68. The van der Waals surface area contributed by atoms with E-state index < -0.39 is 12.6 Å². The highest BCUT2D eigenvalue weighted by atomic mass is 16.5. The molecule has 7 heteroatoms. The first kappa shape index (κ1) is 21.2. The fourth-order valence-corrected chi connectivity index (χ4v) is 3.48. The van der Waals surface area contributed by atoms with Gasteiger partial charge in [0.15, 0.2) is 12.3 Å². The van der Waals surface area contributed by atoms with E-state index in [4.69, 9.17) is 14.5 Å². The van der Waals surface area contributed by atoms with Gasteiger partial charge in [-0.25, -0.2) is 14.5 Å². The number of methoxy groups -OCH3 is 1. The summed E-state index contributed by atoms with van der Waals surface area (Å²) in [6, 6.07) is 18.1. The van der Waals surface area contributed by atoms with E-state index in [9.17, 15) is 9.59 Å². The van der Waals surface area contributed by atoms with Gasteiger partial charge in [-0.1, -0.05) is 42.5 Å². The molecule has 4 rings (SSSR count). The number of carbonyl (C=O) groups excluding carboxylic acids is 2. The molecule has 0 spiro atoms. The third-order valence-corrected chi connectivity index (χ3v) is 5.09. The second kappa shape index (κ2) is 9.01. The standard InChI is InChI=1S/C25H23N3O4/c1-16(2)28-24-20(14-26-28)19(13-21(27-24)17-9-5-4-6-10-17)25(30)32-15-22(29)18-11-7-8-12-23(18)31-3/h4-14,16H,15H2,1-3H3. The molecule has 2 heterocycles. The second-order valence-electron chi connectivity index (χ2n) is 7.54. The maximum absolute atomic E-state index is 13.0. The molecule has 0 amide bonds. The third kappa shape index (κ3) is 4.09. The van der Waals surface area contributed by atoms with Crippen LogP contribution in [-0.2, 0) is 4.74 Å². The number of aromatic nitrogens is 3. The molecular formula is C25H23N3O4. The van der Waals surface area contributed by atoms with Gasteiger partial charge in [-0.05, 0) is 32.0 Å². The Morgan fingerprint density at radius 3 is 2.44 bits per heavy atom. The van der Waals surface area contributed by atoms with Crippen molar-refractivity contribution in [2.24, 2.45) is 0 Å². The van der Waals surface area contributed by atoms with Gasteiger partial charge in [-0.15, -0.1) is 0 Å². The van der Waals surface area contributed by atoms with Gasteiger partial charge in [0.1, 0.15) is 5.75 Å². The summed E-state index contributed by atoms with van der Waals surface area (Å²) in [5, 5.41) is 4.98.